The maximum Gasteiger partial charge on any atom is 0.407 e. The Bertz CT molecular complexity index is 1030. The molecule has 3 aromatic rings. The quantitative estimate of drug-likeness (QED) is 0.489. The van der Waals surface area contributed by atoms with Crippen LogP contribution in [0, 0.1) is 5.92 Å². The standard InChI is InChI=1S/C21H21ClF3NO3/c1-11(2)8-16(20(27)28-3)26-19(21(23,24)25)12-4-6-14-15-10-13(22)5-7-17(15)29-18(14)9-12/h4-7,9-11,16,19,26H,8H2,1-3H3/t16-,19?/m0/s1. The van der Waals surface area contributed by atoms with E-state index in [0.717, 1.165) is 12.5 Å². The second-order valence-corrected chi connectivity index (χ2v) is 7.78. The van der Waals surface area contributed by atoms with Gasteiger partial charge in [-0.3, -0.25) is 10.1 Å². The molecule has 1 aromatic heterocycles. The summed E-state index contributed by atoms with van der Waals surface area (Å²) in [7, 11) is 1.16. The first-order valence-electron chi connectivity index (χ1n) is 9.12. The topological polar surface area (TPSA) is 51.5 Å². The average Bonchev–Trinajstić information content (AvgIpc) is 3.00. The summed E-state index contributed by atoms with van der Waals surface area (Å²) in [6.07, 6.45) is -4.41. The van der Waals surface area contributed by atoms with Crippen molar-refractivity contribution in [1.29, 1.82) is 0 Å². The zero-order valence-electron chi connectivity index (χ0n) is 16.1. The third-order valence-electron chi connectivity index (χ3n) is 4.68. The lowest BCUT2D eigenvalue weighted by atomic mass is 9.99. The Kier molecular flexibility index (Phi) is 6.10. The van der Waals surface area contributed by atoms with E-state index in [4.69, 9.17) is 16.0 Å². The van der Waals surface area contributed by atoms with Gasteiger partial charge in [-0.15, -0.1) is 0 Å². The van der Waals surface area contributed by atoms with Crippen molar-refractivity contribution in [1.82, 2.24) is 5.32 Å². The highest BCUT2D eigenvalue weighted by Gasteiger charge is 2.43. The number of esters is 1. The van der Waals surface area contributed by atoms with Crippen LogP contribution in [0.25, 0.3) is 21.9 Å². The highest BCUT2D eigenvalue weighted by Crippen LogP contribution is 2.37. The van der Waals surface area contributed by atoms with Crippen molar-refractivity contribution in [2.75, 3.05) is 7.11 Å². The van der Waals surface area contributed by atoms with E-state index in [1.54, 1.807) is 24.3 Å². The molecule has 1 N–H and O–H groups in total. The first-order valence-corrected chi connectivity index (χ1v) is 9.50. The van der Waals surface area contributed by atoms with Crippen LogP contribution >= 0.6 is 11.6 Å². The number of ether oxygens (including phenoxy) is 1. The molecule has 0 aliphatic carbocycles. The Morgan fingerprint density at radius 1 is 1.14 bits per heavy atom. The van der Waals surface area contributed by atoms with Gasteiger partial charge in [0.1, 0.15) is 23.2 Å². The van der Waals surface area contributed by atoms with Crippen molar-refractivity contribution in [3.05, 3.63) is 47.0 Å². The lowest BCUT2D eigenvalue weighted by Crippen LogP contribution is -2.45. The molecule has 1 unspecified atom stereocenters. The number of carbonyl (C=O) groups excluding carboxylic acids is 1. The van der Waals surface area contributed by atoms with Gasteiger partial charge in [-0.1, -0.05) is 37.6 Å². The van der Waals surface area contributed by atoms with Crippen molar-refractivity contribution < 1.29 is 27.1 Å². The Labute approximate surface area is 170 Å². The number of hydrogen-bond acceptors (Lipinski definition) is 4. The lowest BCUT2D eigenvalue weighted by molar-refractivity contribution is -0.164. The fourth-order valence-corrected chi connectivity index (χ4v) is 3.54. The van der Waals surface area contributed by atoms with Gasteiger partial charge >= 0.3 is 12.1 Å². The Morgan fingerprint density at radius 3 is 2.48 bits per heavy atom. The highest BCUT2D eigenvalue weighted by molar-refractivity contribution is 6.31. The van der Waals surface area contributed by atoms with E-state index >= 15 is 0 Å². The molecule has 2 aromatic carbocycles. The fourth-order valence-electron chi connectivity index (χ4n) is 3.37. The van der Waals surface area contributed by atoms with E-state index in [1.165, 1.54) is 12.1 Å². The van der Waals surface area contributed by atoms with Gasteiger partial charge in [0.05, 0.1) is 7.11 Å². The van der Waals surface area contributed by atoms with Crippen LogP contribution in [0.1, 0.15) is 31.9 Å². The van der Waals surface area contributed by atoms with Crippen LogP contribution in [0.3, 0.4) is 0 Å². The summed E-state index contributed by atoms with van der Waals surface area (Å²) < 4.78 is 52.0. The minimum Gasteiger partial charge on any atom is -0.468 e. The molecule has 0 radical (unpaired) electrons. The van der Waals surface area contributed by atoms with Crippen molar-refractivity contribution >= 4 is 39.5 Å². The van der Waals surface area contributed by atoms with Gasteiger partial charge in [-0.2, -0.15) is 13.2 Å². The van der Waals surface area contributed by atoms with Gasteiger partial charge in [0.15, 0.2) is 0 Å². The van der Waals surface area contributed by atoms with E-state index in [1.807, 2.05) is 13.8 Å². The molecule has 1 heterocycles. The van der Waals surface area contributed by atoms with Gasteiger partial charge in [0.25, 0.3) is 0 Å². The third-order valence-corrected chi connectivity index (χ3v) is 4.91. The van der Waals surface area contributed by atoms with Crippen LogP contribution in [0.5, 0.6) is 0 Å². The molecule has 0 saturated heterocycles. The lowest BCUT2D eigenvalue weighted by Gasteiger charge is -2.27. The summed E-state index contributed by atoms with van der Waals surface area (Å²) in [6.45, 7) is 3.65. The number of fused-ring (bicyclic) bond motifs is 3. The molecular weight excluding hydrogens is 407 g/mol. The molecule has 29 heavy (non-hydrogen) atoms. The molecule has 0 saturated carbocycles. The third kappa shape index (κ3) is 4.67. The van der Waals surface area contributed by atoms with E-state index in [9.17, 15) is 18.0 Å². The smallest absolute Gasteiger partial charge is 0.407 e. The van der Waals surface area contributed by atoms with Gasteiger partial charge < -0.3 is 9.15 Å². The number of benzene rings is 2. The Balaban J connectivity index is 2.03. The van der Waals surface area contributed by atoms with Crippen LogP contribution in [0.4, 0.5) is 13.2 Å². The Morgan fingerprint density at radius 2 is 1.86 bits per heavy atom. The van der Waals surface area contributed by atoms with Crippen LogP contribution < -0.4 is 5.32 Å². The minimum atomic E-state index is -4.62. The van der Waals surface area contributed by atoms with Crippen molar-refractivity contribution in [3.8, 4) is 0 Å². The predicted molar refractivity (Wildman–Crippen MR) is 106 cm³/mol. The molecule has 3 rings (SSSR count). The zero-order chi connectivity index (χ0) is 21.3. The summed E-state index contributed by atoms with van der Waals surface area (Å²) in [5.41, 5.74) is 0.799. The maximum absolute atomic E-state index is 13.9. The fraction of sp³-hybridized carbons (Fsp3) is 0.381. The van der Waals surface area contributed by atoms with E-state index in [-0.39, 0.29) is 17.9 Å². The number of carbonyl (C=O) groups is 1. The second-order valence-electron chi connectivity index (χ2n) is 7.34. The number of methoxy groups -OCH3 is 1. The van der Waals surface area contributed by atoms with Gasteiger partial charge in [0.2, 0.25) is 0 Å². The Hall–Kier alpha value is -2.25. The summed E-state index contributed by atoms with van der Waals surface area (Å²) in [4.78, 5) is 12.0. The average molecular weight is 428 g/mol. The normalized spacial score (nSPS) is 14.5. The second kappa shape index (κ2) is 8.24. The number of nitrogens with one attached hydrogen (secondary N) is 1. The van der Waals surface area contributed by atoms with Crippen molar-refractivity contribution in [3.63, 3.8) is 0 Å². The molecule has 2 atom stereocenters. The molecular formula is C21H21ClF3NO3. The van der Waals surface area contributed by atoms with Crippen LogP contribution in [-0.4, -0.2) is 25.3 Å². The number of hydrogen-bond donors (Lipinski definition) is 1. The highest BCUT2D eigenvalue weighted by atomic mass is 35.5. The summed E-state index contributed by atoms with van der Waals surface area (Å²) in [5, 5.41) is 4.34. The minimum absolute atomic E-state index is 0.00286. The van der Waals surface area contributed by atoms with E-state index in [0.29, 0.717) is 21.6 Å². The molecule has 8 heteroatoms. The first kappa shape index (κ1) is 21.5. The molecule has 0 amide bonds. The molecule has 0 bridgehead atoms. The van der Waals surface area contributed by atoms with Gasteiger partial charge in [-0.25, -0.2) is 0 Å². The van der Waals surface area contributed by atoms with Gasteiger partial charge in [-0.05, 0) is 42.2 Å². The summed E-state index contributed by atoms with van der Waals surface area (Å²) in [6, 6.07) is 6.20. The molecule has 0 spiro atoms. The summed E-state index contributed by atoms with van der Waals surface area (Å²) in [5.74, 6) is -0.726. The molecule has 4 nitrogen and oxygen atoms in total. The first-order chi connectivity index (χ1) is 13.6. The molecule has 0 aliphatic rings. The number of halogens is 4. The van der Waals surface area contributed by atoms with Crippen LogP contribution in [0.15, 0.2) is 40.8 Å². The monoisotopic (exact) mass is 427 g/mol. The number of alkyl halides is 3. The largest absolute Gasteiger partial charge is 0.468 e. The van der Waals surface area contributed by atoms with E-state index < -0.39 is 24.2 Å². The number of rotatable bonds is 6. The molecule has 0 aliphatic heterocycles. The SMILES string of the molecule is COC(=O)[C@H](CC(C)C)NC(c1ccc2c(c1)oc1ccc(Cl)cc12)C(F)(F)F. The van der Waals surface area contributed by atoms with Crippen LogP contribution in [0.2, 0.25) is 5.02 Å². The maximum atomic E-state index is 13.9. The van der Waals surface area contributed by atoms with Crippen molar-refractivity contribution in [2.45, 2.75) is 38.5 Å². The van der Waals surface area contributed by atoms with Crippen molar-refractivity contribution in [2.24, 2.45) is 5.92 Å². The van der Waals surface area contributed by atoms with E-state index in [2.05, 4.69) is 10.1 Å². The summed E-state index contributed by atoms with van der Waals surface area (Å²) >= 11 is 6.02. The predicted octanol–water partition coefficient (Wildman–Crippen LogP) is 6.02. The number of furan rings is 1. The van der Waals surface area contributed by atoms with Gasteiger partial charge in [0, 0.05) is 15.8 Å². The zero-order valence-corrected chi connectivity index (χ0v) is 16.9. The van der Waals surface area contributed by atoms with Crippen LogP contribution in [-0.2, 0) is 9.53 Å². The molecule has 156 valence electrons. The molecule has 0 fully saturated rings.